The zero-order chi connectivity index (χ0) is 12.9. The Labute approximate surface area is 115 Å². The molecule has 96 valence electrons. The lowest BCUT2D eigenvalue weighted by atomic mass is 10.0. The standard InChI is InChI=1S/C15H24S2/c1-12(16-5)10-13-8-6-7-9-14(13)11-17-15(2,3)4/h6-9,12H,10-11H2,1-5H3. The molecule has 0 amide bonds. The van der Waals surface area contributed by atoms with E-state index in [0.29, 0.717) is 10.00 Å². The van der Waals surface area contributed by atoms with E-state index >= 15 is 0 Å². The minimum atomic E-state index is 0.345. The van der Waals surface area contributed by atoms with Crippen molar-refractivity contribution in [3.63, 3.8) is 0 Å². The SMILES string of the molecule is CSC(C)Cc1ccccc1CSC(C)(C)C. The molecule has 1 unspecified atom stereocenters. The van der Waals surface area contributed by atoms with Gasteiger partial charge in [-0.1, -0.05) is 52.0 Å². The van der Waals surface area contributed by atoms with E-state index in [9.17, 15) is 0 Å². The fourth-order valence-electron chi connectivity index (χ4n) is 1.58. The molecular formula is C15H24S2. The number of hydrogen-bond donors (Lipinski definition) is 0. The van der Waals surface area contributed by atoms with E-state index in [4.69, 9.17) is 0 Å². The van der Waals surface area contributed by atoms with Crippen LogP contribution in [-0.2, 0) is 12.2 Å². The number of thioether (sulfide) groups is 2. The highest BCUT2D eigenvalue weighted by molar-refractivity contribution is 7.99. The van der Waals surface area contributed by atoms with E-state index in [0.717, 1.165) is 5.75 Å². The summed E-state index contributed by atoms with van der Waals surface area (Å²) in [4.78, 5) is 0. The van der Waals surface area contributed by atoms with Gasteiger partial charge in [-0.3, -0.25) is 0 Å². The van der Waals surface area contributed by atoms with Crippen LogP contribution in [0.15, 0.2) is 24.3 Å². The number of hydrogen-bond acceptors (Lipinski definition) is 2. The van der Waals surface area contributed by atoms with E-state index in [-0.39, 0.29) is 0 Å². The molecule has 0 N–H and O–H groups in total. The first-order valence-corrected chi connectivity index (χ1v) is 8.43. The van der Waals surface area contributed by atoms with Crippen molar-refractivity contribution in [2.45, 2.75) is 49.9 Å². The molecule has 0 nitrogen and oxygen atoms in total. The second-order valence-electron chi connectivity index (χ2n) is 5.42. The van der Waals surface area contributed by atoms with Crippen LogP contribution in [0.4, 0.5) is 0 Å². The third kappa shape index (κ3) is 5.87. The number of benzene rings is 1. The lowest BCUT2D eigenvalue weighted by Crippen LogP contribution is -2.09. The fourth-order valence-corrected chi connectivity index (χ4v) is 2.80. The van der Waals surface area contributed by atoms with Crippen molar-refractivity contribution in [1.29, 1.82) is 0 Å². The second-order valence-corrected chi connectivity index (χ2v) is 8.50. The highest BCUT2D eigenvalue weighted by atomic mass is 32.2. The van der Waals surface area contributed by atoms with Crippen LogP contribution < -0.4 is 0 Å². The summed E-state index contributed by atoms with van der Waals surface area (Å²) in [5.41, 5.74) is 3.03. The average molecular weight is 268 g/mol. The van der Waals surface area contributed by atoms with Gasteiger partial charge < -0.3 is 0 Å². The van der Waals surface area contributed by atoms with E-state index in [1.165, 1.54) is 17.5 Å². The quantitative estimate of drug-likeness (QED) is 0.736. The minimum Gasteiger partial charge on any atom is -0.162 e. The maximum atomic E-state index is 2.30. The fraction of sp³-hybridized carbons (Fsp3) is 0.600. The van der Waals surface area contributed by atoms with Crippen molar-refractivity contribution < 1.29 is 0 Å². The molecule has 1 atom stereocenters. The van der Waals surface area contributed by atoms with Crippen LogP contribution in [0, 0.1) is 0 Å². The van der Waals surface area contributed by atoms with Crippen LogP contribution in [-0.4, -0.2) is 16.3 Å². The molecule has 0 bridgehead atoms. The summed E-state index contributed by atoms with van der Waals surface area (Å²) in [5.74, 6) is 1.13. The lowest BCUT2D eigenvalue weighted by Gasteiger charge is -2.19. The molecule has 0 aliphatic heterocycles. The Hall–Kier alpha value is -0.0800. The third-order valence-corrected chi connectivity index (χ3v) is 4.98. The molecule has 0 spiro atoms. The van der Waals surface area contributed by atoms with Crippen molar-refractivity contribution in [2.24, 2.45) is 0 Å². The van der Waals surface area contributed by atoms with Gasteiger partial charge in [0.15, 0.2) is 0 Å². The predicted octanol–water partition coefficient (Wildman–Crippen LogP) is 5.01. The predicted molar refractivity (Wildman–Crippen MR) is 84.2 cm³/mol. The normalized spacial score (nSPS) is 13.7. The maximum absolute atomic E-state index is 2.30. The Morgan fingerprint density at radius 2 is 1.71 bits per heavy atom. The molecule has 0 saturated carbocycles. The van der Waals surface area contributed by atoms with Gasteiger partial charge in [-0.05, 0) is 23.8 Å². The first-order valence-electron chi connectivity index (χ1n) is 6.16. The molecule has 0 aromatic heterocycles. The summed E-state index contributed by atoms with van der Waals surface area (Å²) in [6.07, 6.45) is 3.37. The molecule has 0 aliphatic carbocycles. The summed E-state index contributed by atoms with van der Waals surface area (Å²) in [6, 6.07) is 8.88. The smallest absolute Gasteiger partial charge is 0.0192 e. The van der Waals surface area contributed by atoms with Gasteiger partial charge in [0.25, 0.3) is 0 Å². The van der Waals surface area contributed by atoms with E-state index in [1.54, 1.807) is 0 Å². The maximum Gasteiger partial charge on any atom is 0.0192 e. The molecule has 17 heavy (non-hydrogen) atoms. The first kappa shape index (κ1) is 15.0. The Morgan fingerprint density at radius 3 is 2.24 bits per heavy atom. The average Bonchev–Trinajstić information content (AvgIpc) is 2.26. The van der Waals surface area contributed by atoms with Gasteiger partial charge >= 0.3 is 0 Å². The van der Waals surface area contributed by atoms with Crippen molar-refractivity contribution >= 4 is 23.5 Å². The lowest BCUT2D eigenvalue weighted by molar-refractivity contribution is 0.801. The van der Waals surface area contributed by atoms with Crippen LogP contribution >= 0.6 is 23.5 Å². The molecule has 2 heteroatoms. The summed E-state index contributed by atoms with van der Waals surface area (Å²) >= 11 is 3.97. The first-order chi connectivity index (χ1) is 7.92. The Bertz CT molecular complexity index is 339. The van der Waals surface area contributed by atoms with E-state index in [2.05, 4.69) is 58.2 Å². The van der Waals surface area contributed by atoms with Gasteiger partial charge in [-0.2, -0.15) is 23.5 Å². The van der Waals surface area contributed by atoms with Crippen molar-refractivity contribution in [1.82, 2.24) is 0 Å². The molecule has 1 aromatic rings. The zero-order valence-corrected chi connectivity index (χ0v) is 13.3. The van der Waals surface area contributed by atoms with Gasteiger partial charge in [0.2, 0.25) is 0 Å². The summed E-state index contributed by atoms with van der Waals surface area (Å²) in [5, 5.41) is 0.704. The van der Waals surface area contributed by atoms with Crippen LogP contribution in [0.1, 0.15) is 38.8 Å². The van der Waals surface area contributed by atoms with Crippen LogP contribution in [0.5, 0.6) is 0 Å². The van der Waals surface area contributed by atoms with Gasteiger partial charge in [0, 0.05) is 15.7 Å². The molecule has 0 saturated heterocycles. The van der Waals surface area contributed by atoms with Gasteiger partial charge in [0.05, 0.1) is 0 Å². The summed E-state index contributed by atoms with van der Waals surface area (Å²) in [6.45, 7) is 9.15. The number of rotatable bonds is 5. The largest absolute Gasteiger partial charge is 0.162 e. The van der Waals surface area contributed by atoms with E-state index in [1.807, 2.05) is 23.5 Å². The van der Waals surface area contributed by atoms with Crippen molar-refractivity contribution in [3.8, 4) is 0 Å². The molecule has 0 aliphatic rings. The molecule has 1 rings (SSSR count). The van der Waals surface area contributed by atoms with Gasteiger partial charge in [-0.25, -0.2) is 0 Å². The van der Waals surface area contributed by atoms with Crippen LogP contribution in [0.25, 0.3) is 0 Å². The second kappa shape index (κ2) is 6.75. The van der Waals surface area contributed by atoms with Gasteiger partial charge in [0.1, 0.15) is 0 Å². The molecule has 0 fully saturated rings. The minimum absolute atomic E-state index is 0.345. The molecule has 0 heterocycles. The van der Waals surface area contributed by atoms with Crippen molar-refractivity contribution in [3.05, 3.63) is 35.4 Å². The Kier molecular flexibility index (Phi) is 5.94. The Morgan fingerprint density at radius 1 is 1.12 bits per heavy atom. The summed E-state index contributed by atoms with van der Waals surface area (Å²) < 4.78 is 0.345. The molecular weight excluding hydrogens is 244 g/mol. The molecule has 0 radical (unpaired) electrons. The highest BCUT2D eigenvalue weighted by Gasteiger charge is 2.12. The van der Waals surface area contributed by atoms with Crippen LogP contribution in [0.2, 0.25) is 0 Å². The van der Waals surface area contributed by atoms with Crippen LogP contribution in [0.3, 0.4) is 0 Å². The monoisotopic (exact) mass is 268 g/mol. The third-order valence-electron chi connectivity index (χ3n) is 2.69. The van der Waals surface area contributed by atoms with E-state index < -0.39 is 0 Å². The van der Waals surface area contributed by atoms with Crippen molar-refractivity contribution in [2.75, 3.05) is 6.26 Å². The Balaban J connectivity index is 2.70. The highest BCUT2D eigenvalue weighted by Crippen LogP contribution is 2.29. The topological polar surface area (TPSA) is 0 Å². The van der Waals surface area contributed by atoms with Gasteiger partial charge in [-0.15, -0.1) is 0 Å². The molecule has 1 aromatic carbocycles. The summed E-state index contributed by atoms with van der Waals surface area (Å²) in [7, 11) is 0. The zero-order valence-electron chi connectivity index (χ0n) is 11.6.